The van der Waals surface area contributed by atoms with E-state index in [0.717, 1.165) is 184 Å². The topological polar surface area (TPSA) is 75.9 Å². The maximum Gasteiger partial charge on any atom is 0.252 e. The molecule has 18 aromatic carbocycles. The Kier molecular flexibility index (Phi) is 18.2. The molecule has 3 aromatic heterocycles. The van der Waals surface area contributed by atoms with Gasteiger partial charge in [-0.05, 0) is 197 Å². The summed E-state index contributed by atoms with van der Waals surface area (Å²) in [6.45, 7) is -0.260. The zero-order valence-electron chi connectivity index (χ0n) is 67.5. The van der Waals surface area contributed by atoms with Gasteiger partial charge < -0.3 is 14.4 Å². The summed E-state index contributed by atoms with van der Waals surface area (Å²) in [5, 5.41) is 2.15. The lowest BCUT2D eigenvalue weighted by molar-refractivity contribution is 1.06. The van der Waals surface area contributed by atoms with E-state index in [1.807, 2.05) is 48.5 Å². The first-order valence-corrected chi connectivity index (χ1v) is 42.2. The van der Waals surface area contributed by atoms with Gasteiger partial charge in [-0.1, -0.05) is 352 Å². The fraction of sp³-hybridized carbons (Fsp3) is 0. The minimum atomic E-state index is -0.260. The lowest BCUT2D eigenvalue weighted by Crippen LogP contribution is -2.61. The van der Waals surface area contributed by atoms with Gasteiger partial charge in [0, 0.05) is 78.3 Å². The van der Waals surface area contributed by atoms with Gasteiger partial charge in [-0.2, -0.15) is 0 Å². The maximum absolute atomic E-state index is 5.53. The van der Waals surface area contributed by atoms with Gasteiger partial charge in [0.15, 0.2) is 23.3 Å². The predicted molar refractivity (Wildman–Crippen MR) is 514 cm³/mol. The van der Waals surface area contributed by atoms with E-state index in [1.54, 1.807) is 0 Å². The summed E-state index contributed by atoms with van der Waals surface area (Å²) in [6.07, 6.45) is 0. The molecule has 0 amide bonds. The highest BCUT2D eigenvalue weighted by Crippen LogP contribution is 2.51. The Morgan fingerprint density at radius 2 is 0.492 bits per heavy atom. The van der Waals surface area contributed by atoms with Crippen molar-refractivity contribution in [1.82, 2.24) is 29.5 Å². The molecule has 0 saturated heterocycles. The van der Waals surface area contributed by atoms with Crippen LogP contribution in [0, 0.1) is 0 Å². The molecule has 21 aromatic rings. The zero-order valence-corrected chi connectivity index (χ0v) is 67.5. The molecule has 5 heterocycles. The second-order valence-electron chi connectivity index (χ2n) is 31.9. The summed E-state index contributed by atoms with van der Waals surface area (Å²) in [7, 11) is 0. The molecule has 0 bridgehead atoms. The Balaban J connectivity index is 0.798. The Morgan fingerprint density at radius 1 is 0.177 bits per heavy atom. The van der Waals surface area contributed by atoms with Crippen molar-refractivity contribution in [3.63, 3.8) is 0 Å². The molecule has 0 radical (unpaired) electrons. The number of aromatic nitrogens is 6. The molecular weight excluding hydrogens is 1500 g/mol. The van der Waals surface area contributed by atoms with E-state index in [4.69, 9.17) is 24.9 Å². The molecule has 23 rings (SSSR count). The third-order valence-corrected chi connectivity index (χ3v) is 24.4. The lowest BCUT2D eigenvalue weighted by Gasteiger charge is -2.45. The number of para-hydroxylation sites is 1. The number of anilines is 6. The summed E-state index contributed by atoms with van der Waals surface area (Å²) >= 11 is 0. The van der Waals surface area contributed by atoms with Gasteiger partial charge in [-0.3, -0.25) is 0 Å². The number of hydrogen-bond acceptors (Lipinski definition) is 7. The molecule has 0 N–H and O–H groups in total. The van der Waals surface area contributed by atoms with Crippen molar-refractivity contribution in [1.29, 1.82) is 0 Å². The number of fused-ring (bicyclic) bond motifs is 7. The molecule has 578 valence electrons. The standard InChI is InChI=1S/C115H75BN8/c1-11-33-76(34-12-1)87-56-61-107-100(71-87)116-101-72-88(77-35-13-2-14-36-77)57-62-108(101)123(96-67-92(80-41-19-5-20-42-80)64-93(68-96)81-43-21-6-22-44-81)110-74-94(73-109(111(110)116)122(107)95-65-90(78-37-15-3-16-38-78)63-91(66-95)79-39-17-4-18-40-79)86-55-59-105-98(69-86)97-53-31-32-54-104(97)124(105)106-60-58-89(114-117-102(82-45-23-7-24-46-82)75-103(118-114)83-47-25-8-26-48-83)70-99(106)115-120-112(84-49-27-9-28-50-84)119-113(121-115)85-51-29-10-30-52-85/h1-75H. The molecular formula is C115H75BN8. The molecule has 0 atom stereocenters. The highest BCUT2D eigenvalue weighted by atomic mass is 15.2. The van der Waals surface area contributed by atoms with Crippen LogP contribution in [0.4, 0.5) is 34.1 Å². The van der Waals surface area contributed by atoms with E-state index in [2.05, 4.69) is 421 Å². The number of nitrogens with zero attached hydrogens (tertiary/aromatic N) is 8. The summed E-state index contributed by atoms with van der Waals surface area (Å²) in [4.78, 5) is 32.3. The molecule has 0 aliphatic carbocycles. The van der Waals surface area contributed by atoms with Gasteiger partial charge in [-0.25, -0.2) is 24.9 Å². The molecule has 2 aliphatic rings. The highest BCUT2D eigenvalue weighted by molar-refractivity contribution is 7.00. The van der Waals surface area contributed by atoms with Crippen LogP contribution in [-0.4, -0.2) is 36.2 Å². The minimum Gasteiger partial charge on any atom is -0.311 e. The van der Waals surface area contributed by atoms with Crippen LogP contribution in [0.5, 0.6) is 0 Å². The monoisotopic (exact) mass is 1580 g/mol. The van der Waals surface area contributed by atoms with Gasteiger partial charge in [0.25, 0.3) is 6.71 Å². The van der Waals surface area contributed by atoms with E-state index >= 15 is 0 Å². The van der Waals surface area contributed by atoms with Crippen LogP contribution in [0.1, 0.15) is 0 Å². The molecule has 9 heteroatoms. The van der Waals surface area contributed by atoms with Crippen LogP contribution < -0.4 is 26.2 Å². The fourth-order valence-electron chi connectivity index (χ4n) is 18.5. The summed E-state index contributed by atoms with van der Waals surface area (Å²) < 4.78 is 2.40. The Labute approximate surface area is 720 Å². The van der Waals surface area contributed by atoms with Crippen molar-refractivity contribution in [2.45, 2.75) is 0 Å². The first-order chi connectivity index (χ1) is 61.4. The van der Waals surface area contributed by atoms with Crippen molar-refractivity contribution < 1.29 is 0 Å². The normalized spacial score (nSPS) is 12.0. The summed E-state index contributed by atoms with van der Waals surface area (Å²) in [6, 6.07) is 165. The van der Waals surface area contributed by atoms with Crippen molar-refractivity contribution in [2.75, 3.05) is 9.80 Å². The van der Waals surface area contributed by atoms with Gasteiger partial charge in [0.05, 0.1) is 28.1 Å². The average Bonchev–Trinajstić information content (AvgIpc) is 0.825. The van der Waals surface area contributed by atoms with E-state index in [9.17, 15) is 0 Å². The highest BCUT2D eigenvalue weighted by Gasteiger charge is 2.45. The summed E-state index contributed by atoms with van der Waals surface area (Å²) in [5.41, 5.74) is 35.5. The molecule has 2 aliphatic heterocycles. The van der Waals surface area contributed by atoms with Crippen molar-refractivity contribution in [3.8, 4) is 152 Å². The van der Waals surface area contributed by atoms with Gasteiger partial charge in [0.1, 0.15) is 0 Å². The zero-order chi connectivity index (χ0) is 82.0. The van der Waals surface area contributed by atoms with Crippen LogP contribution >= 0.6 is 0 Å². The largest absolute Gasteiger partial charge is 0.311 e. The quantitative estimate of drug-likeness (QED) is 0.0892. The van der Waals surface area contributed by atoms with Crippen LogP contribution in [0.15, 0.2) is 455 Å². The Bertz CT molecular complexity index is 7160. The Hall–Kier alpha value is -16.5. The number of benzene rings is 18. The van der Waals surface area contributed by atoms with Crippen LogP contribution in [0.3, 0.4) is 0 Å². The van der Waals surface area contributed by atoms with Crippen LogP contribution in [0.2, 0.25) is 0 Å². The average molecular weight is 1580 g/mol. The van der Waals surface area contributed by atoms with Gasteiger partial charge in [-0.15, -0.1) is 0 Å². The van der Waals surface area contributed by atoms with Crippen molar-refractivity contribution >= 4 is 79.0 Å². The molecule has 0 spiro atoms. The van der Waals surface area contributed by atoms with E-state index in [0.29, 0.717) is 23.3 Å². The SMILES string of the molecule is c1ccc(-c2cc(-c3ccccc3)cc(N3c4ccc(-c5ccccc5)cc4B4c5cc(-c6ccccc6)ccc5N(c5cc(-c6ccccc6)cc(-c6ccccc6)c5)c5cc(-c6ccc7c(c6)c6ccccc6n7-c6ccc(-c7nc(-c8ccccc8)cc(-c8ccccc8)n7)cc6-c6nc(-c7ccccc7)nc(-c7ccccc7)n6)cc3c54)c2)cc1. The first kappa shape index (κ1) is 72.7. The smallest absolute Gasteiger partial charge is 0.252 e. The first-order valence-electron chi connectivity index (χ1n) is 42.2. The third-order valence-electron chi connectivity index (χ3n) is 24.4. The second-order valence-corrected chi connectivity index (χ2v) is 31.9. The molecule has 8 nitrogen and oxygen atoms in total. The second kappa shape index (κ2) is 31.0. The van der Waals surface area contributed by atoms with Gasteiger partial charge >= 0.3 is 0 Å². The van der Waals surface area contributed by atoms with Crippen LogP contribution in [0.25, 0.3) is 173 Å². The minimum absolute atomic E-state index is 0.260. The van der Waals surface area contributed by atoms with Crippen molar-refractivity contribution in [3.05, 3.63) is 455 Å². The maximum atomic E-state index is 5.53. The molecule has 0 fully saturated rings. The van der Waals surface area contributed by atoms with Crippen LogP contribution in [-0.2, 0) is 0 Å². The lowest BCUT2D eigenvalue weighted by atomic mass is 9.33. The molecule has 0 unspecified atom stereocenters. The van der Waals surface area contributed by atoms with Gasteiger partial charge in [0.2, 0.25) is 0 Å². The predicted octanol–water partition coefficient (Wildman–Crippen LogP) is 27.5. The molecule has 124 heavy (non-hydrogen) atoms. The fourth-order valence-corrected chi connectivity index (χ4v) is 18.5. The van der Waals surface area contributed by atoms with E-state index in [1.165, 1.54) is 16.4 Å². The van der Waals surface area contributed by atoms with E-state index in [-0.39, 0.29) is 6.71 Å². The third kappa shape index (κ3) is 13.3. The van der Waals surface area contributed by atoms with E-state index < -0.39 is 0 Å². The number of rotatable bonds is 16. The Morgan fingerprint density at radius 3 is 0.911 bits per heavy atom. The molecule has 0 saturated carbocycles. The van der Waals surface area contributed by atoms with Crippen molar-refractivity contribution in [2.24, 2.45) is 0 Å². The number of hydrogen-bond donors (Lipinski definition) is 0. The summed E-state index contributed by atoms with van der Waals surface area (Å²) in [5.74, 6) is 2.16.